The number of amides is 1. The van der Waals surface area contributed by atoms with Gasteiger partial charge in [-0.15, -0.1) is 0 Å². The van der Waals surface area contributed by atoms with E-state index in [-0.39, 0.29) is 17.3 Å². The summed E-state index contributed by atoms with van der Waals surface area (Å²) in [6.45, 7) is 4.40. The van der Waals surface area contributed by atoms with Gasteiger partial charge in [-0.1, -0.05) is 6.07 Å². The molecule has 0 bridgehead atoms. The maximum atomic E-state index is 13.2. The highest BCUT2D eigenvalue weighted by Crippen LogP contribution is 2.20. The largest absolute Gasteiger partial charge is 0.468 e. The molecule has 0 atom stereocenters. The van der Waals surface area contributed by atoms with Crippen molar-refractivity contribution in [2.75, 3.05) is 31.1 Å². The zero-order valence-corrected chi connectivity index (χ0v) is 18.0. The first-order valence-corrected chi connectivity index (χ1v) is 11.5. The normalized spacial score (nSPS) is 14.6. The van der Waals surface area contributed by atoms with Crippen LogP contribution in [0, 0.1) is 6.92 Å². The van der Waals surface area contributed by atoms with E-state index in [0.29, 0.717) is 37.5 Å². The number of benzene rings is 1. The number of carbonyl (C=O) groups excluding carboxylic acids is 1. The van der Waals surface area contributed by atoms with Crippen molar-refractivity contribution in [3.05, 3.63) is 78.0 Å². The maximum Gasteiger partial charge on any atom is 0.254 e. The van der Waals surface area contributed by atoms with E-state index in [9.17, 15) is 13.2 Å². The van der Waals surface area contributed by atoms with Crippen LogP contribution in [0.1, 0.15) is 21.7 Å². The molecule has 1 aliphatic heterocycles. The second-order valence-corrected chi connectivity index (χ2v) is 9.13. The summed E-state index contributed by atoms with van der Waals surface area (Å²) >= 11 is 0. The highest BCUT2D eigenvalue weighted by atomic mass is 32.2. The maximum absolute atomic E-state index is 13.2. The van der Waals surface area contributed by atoms with Gasteiger partial charge in [0.2, 0.25) is 10.0 Å². The monoisotopic (exact) mass is 440 g/mol. The second-order valence-electron chi connectivity index (χ2n) is 7.37. The van der Waals surface area contributed by atoms with E-state index in [0.717, 1.165) is 11.3 Å². The Morgan fingerprint density at radius 2 is 1.84 bits per heavy atom. The molecule has 3 aromatic rings. The molecule has 0 unspecified atom stereocenters. The van der Waals surface area contributed by atoms with Gasteiger partial charge in [-0.05, 0) is 48.9 Å². The van der Waals surface area contributed by atoms with Gasteiger partial charge in [0.25, 0.3) is 5.91 Å². The number of nitrogens with zero attached hydrogens (tertiary/aromatic N) is 3. The average molecular weight is 441 g/mol. The number of hydrogen-bond donors (Lipinski definition) is 1. The van der Waals surface area contributed by atoms with E-state index in [2.05, 4.69) is 14.6 Å². The predicted octanol–water partition coefficient (Wildman–Crippen LogP) is 2.42. The van der Waals surface area contributed by atoms with Gasteiger partial charge in [0.05, 0.1) is 17.7 Å². The van der Waals surface area contributed by atoms with Crippen molar-refractivity contribution in [1.82, 2.24) is 14.6 Å². The number of rotatable bonds is 6. The summed E-state index contributed by atoms with van der Waals surface area (Å²) in [4.78, 5) is 21.2. The van der Waals surface area contributed by atoms with Crippen molar-refractivity contribution >= 4 is 21.6 Å². The molecule has 1 saturated heterocycles. The molecule has 3 heterocycles. The van der Waals surface area contributed by atoms with Crippen LogP contribution in [0.3, 0.4) is 0 Å². The third-order valence-corrected chi connectivity index (χ3v) is 6.76. The van der Waals surface area contributed by atoms with Crippen LogP contribution in [-0.2, 0) is 16.6 Å². The fraction of sp³-hybridized carbons (Fsp3) is 0.273. The third kappa shape index (κ3) is 4.78. The predicted molar refractivity (Wildman–Crippen MR) is 116 cm³/mol. The van der Waals surface area contributed by atoms with Crippen molar-refractivity contribution in [2.24, 2.45) is 0 Å². The molecule has 0 radical (unpaired) electrons. The van der Waals surface area contributed by atoms with E-state index < -0.39 is 10.0 Å². The summed E-state index contributed by atoms with van der Waals surface area (Å²) in [6.07, 6.45) is 4.99. The third-order valence-electron chi connectivity index (χ3n) is 5.36. The molecule has 1 amide bonds. The molecule has 1 N–H and O–H groups in total. The number of nitrogens with one attached hydrogen (secondary N) is 1. The van der Waals surface area contributed by atoms with Crippen molar-refractivity contribution in [1.29, 1.82) is 0 Å². The minimum atomic E-state index is -3.78. The number of pyridine rings is 1. The number of hydrogen-bond acceptors (Lipinski definition) is 6. The van der Waals surface area contributed by atoms with Crippen LogP contribution < -0.4 is 9.62 Å². The average Bonchev–Trinajstić information content (AvgIpc) is 3.32. The molecule has 1 aromatic carbocycles. The Morgan fingerprint density at radius 1 is 1.10 bits per heavy atom. The summed E-state index contributed by atoms with van der Waals surface area (Å²) in [5, 5.41) is 0. The number of furan rings is 1. The topological polar surface area (TPSA) is 95.7 Å². The van der Waals surface area contributed by atoms with Gasteiger partial charge in [-0.3, -0.25) is 9.78 Å². The van der Waals surface area contributed by atoms with E-state index in [1.165, 1.54) is 18.4 Å². The Morgan fingerprint density at radius 3 is 2.52 bits per heavy atom. The van der Waals surface area contributed by atoms with Crippen LogP contribution in [0.5, 0.6) is 0 Å². The summed E-state index contributed by atoms with van der Waals surface area (Å²) in [7, 11) is -3.78. The van der Waals surface area contributed by atoms with Crippen LogP contribution in [0.2, 0.25) is 0 Å². The Balaban J connectivity index is 1.46. The van der Waals surface area contributed by atoms with E-state index >= 15 is 0 Å². The molecule has 8 nitrogen and oxygen atoms in total. The Kier molecular flexibility index (Phi) is 6.06. The number of aromatic nitrogens is 1. The molecule has 4 rings (SSSR count). The lowest BCUT2D eigenvalue weighted by Crippen LogP contribution is -2.49. The minimum absolute atomic E-state index is 0.0451. The van der Waals surface area contributed by atoms with E-state index in [1.54, 1.807) is 35.5 Å². The Labute approximate surface area is 181 Å². The summed E-state index contributed by atoms with van der Waals surface area (Å²) in [5.41, 5.74) is 2.22. The molecule has 31 heavy (non-hydrogen) atoms. The van der Waals surface area contributed by atoms with Gasteiger partial charge in [0.1, 0.15) is 5.76 Å². The summed E-state index contributed by atoms with van der Waals surface area (Å²) < 4.78 is 33.1. The molecule has 1 aliphatic rings. The Hall–Kier alpha value is -3.17. The fourth-order valence-corrected chi connectivity index (χ4v) is 4.57. The highest BCUT2D eigenvalue weighted by molar-refractivity contribution is 7.89. The first-order chi connectivity index (χ1) is 14.9. The number of anilines is 1. The van der Waals surface area contributed by atoms with Gasteiger partial charge in [0.15, 0.2) is 0 Å². The standard InChI is InChI=1S/C22H24N4O4S/c1-17-4-5-20(31(28,29)24-16-19-3-2-14-30-19)15-21(17)22(27)26-12-10-25(11-13-26)18-6-8-23-9-7-18/h2-9,14-15,24H,10-13,16H2,1H3. The number of piperazine rings is 1. The molecule has 0 spiro atoms. The zero-order chi connectivity index (χ0) is 21.8. The van der Waals surface area contributed by atoms with Gasteiger partial charge in [-0.2, -0.15) is 0 Å². The van der Waals surface area contributed by atoms with Gasteiger partial charge in [-0.25, -0.2) is 13.1 Å². The summed E-state index contributed by atoms with van der Waals surface area (Å²) in [6, 6.07) is 11.9. The Bertz CT molecular complexity index is 1140. The molecule has 162 valence electrons. The SMILES string of the molecule is Cc1ccc(S(=O)(=O)NCc2ccco2)cc1C(=O)N1CCN(c2ccncc2)CC1. The first-order valence-electron chi connectivity index (χ1n) is 10.0. The summed E-state index contributed by atoms with van der Waals surface area (Å²) in [5.74, 6) is 0.356. The lowest BCUT2D eigenvalue weighted by Gasteiger charge is -2.36. The molecule has 9 heteroatoms. The molecule has 0 aliphatic carbocycles. The minimum Gasteiger partial charge on any atom is -0.468 e. The smallest absolute Gasteiger partial charge is 0.254 e. The lowest BCUT2D eigenvalue weighted by atomic mass is 10.1. The van der Waals surface area contributed by atoms with Crippen LogP contribution in [0.4, 0.5) is 5.69 Å². The fourth-order valence-electron chi connectivity index (χ4n) is 3.55. The van der Waals surface area contributed by atoms with Crippen LogP contribution >= 0.6 is 0 Å². The van der Waals surface area contributed by atoms with Crippen molar-refractivity contribution in [3.63, 3.8) is 0 Å². The number of sulfonamides is 1. The number of carbonyl (C=O) groups is 1. The highest BCUT2D eigenvalue weighted by Gasteiger charge is 2.25. The van der Waals surface area contributed by atoms with Crippen molar-refractivity contribution in [3.8, 4) is 0 Å². The molecule has 0 saturated carbocycles. The van der Waals surface area contributed by atoms with Crippen LogP contribution in [-0.4, -0.2) is 50.4 Å². The second kappa shape index (κ2) is 8.91. The van der Waals surface area contributed by atoms with Gasteiger partial charge >= 0.3 is 0 Å². The van der Waals surface area contributed by atoms with E-state index in [4.69, 9.17) is 4.42 Å². The lowest BCUT2D eigenvalue weighted by molar-refractivity contribution is 0.0746. The molecule has 1 fully saturated rings. The molecule has 2 aromatic heterocycles. The molecular weight excluding hydrogens is 416 g/mol. The van der Waals surface area contributed by atoms with Crippen LogP contribution in [0.25, 0.3) is 0 Å². The first kappa shape index (κ1) is 21.1. The van der Waals surface area contributed by atoms with Gasteiger partial charge < -0.3 is 14.2 Å². The van der Waals surface area contributed by atoms with Crippen LogP contribution in [0.15, 0.2) is 70.4 Å². The van der Waals surface area contributed by atoms with E-state index in [1.807, 2.05) is 19.1 Å². The van der Waals surface area contributed by atoms with Crippen molar-refractivity contribution < 1.29 is 17.6 Å². The quantitative estimate of drug-likeness (QED) is 0.633. The zero-order valence-electron chi connectivity index (χ0n) is 17.2. The van der Waals surface area contributed by atoms with Gasteiger partial charge in [0, 0.05) is 49.8 Å². The number of aryl methyl sites for hydroxylation is 1. The molecular formula is C22H24N4O4S. The van der Waals surface area contributed by atoms with Crippen molar-refractivity contribution in [2.45, 2.75) is 18.4 Å².